The van der Waals surface area contributed by atoms with Gasteiger partial charge in [-0.1, -0.05) is 6.92 Å². The molecule has 1 aromatic heterocycles. The highest BCUT2D eigenvalue weighted by Crippen LogP contribution is 2.38. The smallest absolute Gasteiger partial charge is 0.418 e. The summed E-state index contributed by atoms with van der Waals surface area (Å²) in [4.78, 5) is 20.2. The third-order valence-electron chi connectivity index (χ3n) is 5.26. The van der Waals surface area contributed by atoms with E-state index in [-0.39, 0.29) is 17.5 Å². The van der Waals surface area contributed by atoms with Gasteiger partial charge < -0.3 is 14.5 Å². The van der Waals surface area contributed by atoms with Crippen molar-refractivity contribution >= 4 is 22.7 Å². The van der Waals surface area contributed by atoms with E-state index in [0.717, 1.165) is 12.5 Å². The second-order valence-electron chi connectivity index (χ2n) is 9.02. The molecule has 0 radical (unpaired) electrons. The molecular weight excluding hydrogens is 395 g/mol. The molecule has 2 heterocycles. The number of rotatable bonds is 2. The lowest BCUT2D eigenvalue weighted by molar-refractivity contribution is -0.136. The Hall–Kier alpha value is -2.51. The molecule has 1 fully saturated rings. The van der Waals surface area contributed by atoms with Gasteiger partial charge in [-0.2, -0.15) is 13.2 Å². The van der Waals surface area contributed by atoms with E-state index in [1.54, 1.807) is 24.1 Å². The number of pyridine rings is 1. The van der Waals surface area contributed by atoms with Crippen molar-refractivity contribution < 1.29 is 22.7 Å². The molecule has 30 heavy (non-hydrogen) atoms. The van der Waals surface area contributed by atoms with E-state index in [2.05, 4.69) is 11.9 Å². The van der Waals surface area contributed by atoms with Gasteiger partial charge in [0.25, 0.3) is 0 Å². The Morgan fingerprint density at radius 2 is 1.90 bits per heavy atom. The number of hydrogen-bond donors (Lipinski definition) is 0. The average molecular weight is 423 g/mol. The van der Waals surface area contributed by atoms with Crippen LogP contribution < -0.4 is 4.90 Å². The van der Waals surface area contributed by atoms with Crippen molar-refractivity contribution in [2.75, 3.05) is 25.0 Å². The number of alkyl halides is 3. The Bertz CT molecular complexity index is 924. The highest BCUT2D eigenvalue weighted by Gasteiger charge is 2.36. The lowest BCUT2D eigenvalue weighted by Crippen LogP contribution is -2.52. The molecule has 3 rings (SSSR count). The molecule has 2 unspecified atom stereocenters. The third-order valence-corrected chi connectivity index (χ3v) is 5.26. The van der Waals surface area contributed by atoms with E-state index in [0.29, 0.717) is 24.2 Å². The zero-order chi connectivity index (χ0) is 22.3. The molecule has 2 atom stereocenters. The van der Waals surface area contributed by atoms with Gasteiger partial charge in [0, 0.05) is 37.4 Å². The highest BCUT2D eigenvalue weighted by molar-refractivity contribution is 5.94. The fraction of sp³-hybridized carbons (Fsp3) is 0.545. The predicted octanol–water partition coefficient (Wildman–Crippen LogP) is 5.34. The maximum Gasteiger partial charge on any atom is 0.418 e. The Labute approximate surface area is 174 Å². The number of carbonyl (C=O) groups excluding carboxylic acids is 1. The van der Waals surface area contributed by atoms with E-state index in [1.807, 2.05) is 25.7 Å². The summed E-state index contributed by atoms with van der Waals surface area (Å²) in [7, 11) is 1.71. The Kier molecular flexibility index (Phi) is 5.89. The van der Waals surface area contributed by atoms with Crippen molar-refractivity contribution in [2.24, 2.45) is 5.92 Å². The minimum absolute atomic E-state index is 0.0576. The first kappa shape index (κ1) is 22.2. The lowest BCUT2D eigenvalue weighted by atomic mass is 9.94. The number of fused-ring (bicyclic) bond motifs is 1. The van der Waals surface area contributed by atoms with Crippen molar-refractivity contribution in [1.82, 2.24) is 9.88 Å². The van der Waals surface area contributed by atoms with Crippen molar-refractivity contribution in [2.45, 2.75) is 51.9 Å². The summed E-state index contributed by atoms with van der Waals surface area (Å²) in [6, 6.07) is 5.80. The number of amides is 1. The number of nitrogens with zero attached hydrogens (tertiary/aromatic N) is 3. The van der Waals surface area contributed by atoms with Gasteiger partial charge in [0.1, 0.15) is 5.60 Å². The van der Waals surface area contributed by atoms with Crippen LogP contribution in [-0.2, 0) is 10.9 Å². The second kappa shape index (κ2) is 7.96. The highest BCUT2D eigenvalue weighted by atomic mass is 19.4. The van der Waals surface area contributed by atoms with Crippen LogP contribution in [0.1, 0.15) is 39.7 Å². The summed E-state index contributed by atoms with van der Waals surface area (Å²) in [6.07, 6.45) is -2.71. The average Bonchev–Trinajstić information content (AvgIpc) is 2.63. The molecule has 0 bridgehead atoms. The number of aromatic nitrogens is 1. The first-order chi connectivity index (χ1) is 13.9. The molecule has 1 saturated heterocycles. The number of halogens is 3. The molecule has 164 valence electrons. The molecule has 0 spiro atoms. The molecule has 8 heteroatoms. The standard InChI is InChI=1S/C22H28F3N3O2/c1-14-11-15(27(5)20(29)30-21(2,3)4)13-28(12-14)18-9-8-17(22(23,24)25)19-16(18)7-6-10-26-19/h6-10,14-15H,11-13H2,1-5H3. The summed E-state index contributed by atoms with van der Waals surface area (Å²) in [5.41, 5.74) is -0.701. The summed E-state index contributed by atoms with van der Waals surface area (Å²) >= 11 is 0. The Morgan fingerprint density at radius 1 is 1.20 bits per heavy atom. The molecule has 1 aromatic carbocycles. The van der Waals surface area contributed by atoms with Crippen LogP contribution in [0.4, 0.5) is 23.7 Å². The normalized spacial score (nSPS) is 20.3. The van der Waals surface area contributed by atoms with Gasteiger partial charge in [0.05, 0.1) is 17.1 Å². The molecule has 2 aromatic rings. The summed E-state index contributed by atoms with van der Waals surface area (Å²) in [5.74, 6) is 0.252. The van der Waals surface area contributed by atoms with Crippen LogP contribution in [0.5, 0.6) is 0 Å². The predicted molar refractivity (Wildman–Crippen MR) is 111 cm³/mol. The largest absolute Gasteiger partial charge is 0.444 e. The van der Waals surface area contributed by atoms with Gasteiger partial charge in [0.15, 0.2) is 0 Å². The molecule has 1 aliphatic heterocycles. The molecular formula is C22H28F3N3O2. The Balaban J connectivity index is 1.93. The number of hydrogen-bond acceptors (Lipinski definition) is 4. The molecule has 1 amide bonds. The molecule has 0 aliphatic carbocycles. The number of ether oxygens (including phenoxy) is 1. The lowest BCUT2D eigenvalue weighted by Gasteiger charge is -2.42. The van der Waals surface area contributed by atoms with Crippen molar-refractivity contribution in [3.05, 3.63) is 36.0 Å². The van der Waals surface area contributed by atoms with Crippen LogP contribution in [0.2, 0.25) is 0 Å². The number of benzene rings is 1. The van der Waals surface area contributed by atoms with Gasteiger partial charge in [-0.05, 0) is 57.4 Å². The van der Waals surface area contributed by atoms with Crippen molar-refractivity contribution in [1.29, 1.82) is 0 Å². The molecule has 1 aliphatic rings. The SMILES string of the molecule is CC1CC(N(C)C(=O)OC(C)(C)C)CN(c2ccc(C(F)(F)F)c3ncccc23)C1. The maximum atomic E-state index is 13.4. The van der Waals surface area contributed by atoms with E-state index >= 15 is 0 Å². The first-order valence-electron chi connectivity index (χ1n) is 10.0. The van der Waals surface area contributed by atoms with Crippen LogP contribution in [0.3, 0.4) is 0 Å². The summed E-state index contributed by atoms with van der Waals surface area (Å²) in [5, 5.41) is 0.458. The number of anilines is 1. The number of carbonyl (C=O) groups is 1. The van der Waals surface area contributed by atoms with Crippen LogP contribution in [0.15, 0.2) is 30.5 Å². The topological polar surface area (TPSA) is 45.7 Å². The van der Waals surface area contributed by atoms with Gasteiger partial charge in [0.2, 0.25) is 0 Å². The maximum absolute atomic E-state index is 13.4. The van der Waals surface area contributed by atoms with Crippen molar-refractivity contribution in [3.8, 4) is 0 Å². The fourth-order valence-corrected chi connectivity index (χ4v) is 3.94. The molecule has 0 saturated carbocycles. The van der Waals surface area contributed by atoms with Crippen LogP contribution >= 0.6 is 0 Å². The van der Waals surface area contributed by atoms with E-state index < -0.39 is 23.4 Å². The zero-order valence-electron chi connectivity index (χ0n) is 18.0. The van der Waals surface area contributed by atoms with Gasteiger partial charge >= 0.3 is 12.3 Å². The minimum atomic E-state index is -4.47. The van der Waals surface area contributed by atoms with Crippen molar-refractivity contribution in [3.63, 3.8) is 0 Å². The summed E-state index contributed by atoms with van der Waals surface area (Å²) in [6.45, 7) is 8.72. The molecule has 0 N–H and O–H groups in total. The summed E-state index contributed by atoms with van der Waals surface area (Å²) < 4.78 is 45.8. The zero-order valence-corrected chi connectivity index (χ0v) is 18.0. The number of likely N-dealkylation sites (N-methyl/N-ethyl adjacent to an activating group) is 1. The minimum Gasteiger partial charge on any atom is -0.444 e. The van der Waals surface area contributed by atoms with E-state index in [9.17, 15) is 18.0 Å². The Morgan fingerprint density at radius 3 is 2.53 bits per heavy atom. The van der Waals surface area contributed by atoms with Gasteiger partial charge in [-0.3, -0.25) is 4.98 Å². The molecule has 5 nitrogen and oxygen atoms in total. The van der Waals surface area contributed by atoms with Crippen LogP contribution in [0.25, 0.3) is 10.9 Å². The second-order valence-corrected chi connectivity index (χ2v) is 9.02. The van der Waals surface area contributed by atoms with E-state index in [1.165, 1.54) is 12.3 Å². The van der Waals surface area contributed by atoms with Crippen LogP contribution in [0, 0.1) is 5.92 Å². The van der Waals surface area contributed by atoms with Gasteiger partial charge in [-0.25, -0.2) is 4.79 Å². The van der Waals surface area contributed by atoms with Crippen LogP contribution in [-0.4, -0.2) is 47.8 Å². The number of piperidine rings is 1. The monoisotopic (exact) mass is 423 g/mol. The first-order valence-corrected chi connectivity index (χ1v) is 10.0. The van der Waals surface area contributed by atoms with Gasteiger partial charge in [-0.15, -0.1) is 0 Å². The quantitative estimate of drug-likeness (QED) is 0.655. The van der Waals surface area contributed by atoms with E-state index in [4.69, 9.17) is 4.74 Å². The third kappa shape index (κ3) is 4.79. The fourth-order valence-electron chi connectivity index (χ4n) is 3.94.